The molecule has 1 saturated heterocycles. The molecule has 1 aliphatic heterocycles. The fraction of sp³-hybridized carbons (Fsp3) is 1.00. The van der Waals surface area contributed by atoms with Crippen LogP contribution in [0.4, 0.5) is 0 Å². The van der Waals surface area contributed by atoms with Crippen molar-refractivity contribution in [3.8, 4) is 0 Å². The van der Waals surface area contributed by atoms with Gasteiger partial charge in [0.25, 0.3) is 0 Å². The Labute approximate surface area is 224 Å². The monoisotopic (exact) mass is 573 g/mol. The summed E-state index contributed by atoms with van der Waals surface area (Å²) in [6.45, 7) is 1.47. The smallest absolute Gasteiger partial charge is 0.328 e. The molecule has 2 fully saturated rings. The van der Waals surface area contributed by atoms with Gasteiger partial charge in [-0.2, -0.15) is 0 Å². The maximum Gasteiger partial charge on any atom is 0.328 e. The molecule has 0 radical (unpaired) electrons. The summed E-state index contributed by atoms with van der Waals surface area (Å²) < 4.78 is 29.1. The fourth-order valence-electron chi connectivity index (χ4n) is 4.88. The highest BCUT2D eigenvalue weighted by molar-refractivity contribution is 7.52. The molecule has 38 heavy (non-hydrogen) atoms. The molecule has 1 aliphatic carbocycles. The maximum atomic E-state index is 12.8. The van der Waals surface area contributed by atoms with Gasteiger partial charge in [0.05, 0.1) is 12.6 Å². The van der Waals surface area contributed by atoms with Crippen molar-refractivity contribution in [3.63, 3.8) is 0 Å². The van der Waals surface area contributed by atoms with Crippen molar-refractivity contribution in [2.24, 2.45) is 5.73 Å². The predicted octanol–water partition coefficient (Wildman–Crippen LogP) is -0.913. The molecule has 2 aliphatic rings. The quantitative estimate of drug-likeness (QED) is 0.0804. The molecule has 226 valence electrons. The van der Waals surface area contributed by atoms with Gasteiger partial charge in [-0.05, 0) is 6.42 Å². The summed E-state index contributed by atoms with van der Waals surface area (Å²) in [4.78, 5) is 10.5. The number of aliphatic hydroxyl groups excluding tert-OH is 7. The second kappa shape index (κ2) is 16.3. The number of hydrogen-bond donors (Lipinski definition) is 9. The average Bonchev–Trinajstić information content (AvgIpc) is 2.89. The van der Waals surface area contributed by atoms with Crippen molar-refractivity contribution in [1.29, 1.82) is 0 Å². The van der Waals surface area contributed by atoms with E-state index in [1.165, 1.54) is 32.1 Å². The molecule has 2 rings (SSSR count). The van der Waals surface area contributed by atoms with Crippen LogP contribution in [0.3, 0.4) is 0 Å². The molecule has 1 saturated carbocycles. The van der Waals surface area contributed by atoms with Crippen LogP contribution in [-0.4, -0.2) is 121 Å². The normalized spacial score (nSPS) is 39.7. The minimum Gasteiger partial charge on any atom is -0.394 e. The summed E-state index contributed by atoms with van der Waals surface area (Å²) in [5.74, 6) is 0. The van der Waals surface area contributed by atoms with Gasteiger partial charge >= 0.3 is 7.60 Å². The van der Waals surface area contributed by atoms with E-state index in [0.717, 1.165) is 19.3 Å². The van der Waals surface area contributed by atoms with E-state index < -0.39 is 81.5 Å². The maximum absolute atomic E-state index is 12.8. The third-order valence-corrected chi connectivity index (χ3v) is 8.80. The molecule has 0 amide bonds. The lowest BCUT2D eigenvalue weighted by atomic mass is 9.84. The van der Waals surface area contributed by atoms with Crippen LogP contribution >= 0.6 is 7.60 Å². The number of nitrogens with two attached hydrogens (primary N) is 1. The first-order valence-corrected chi connectivity index (χ1v) is 15.5. The van der Waals surface area contributed by atoms with Crippen molar-refractivity contribution in [2.45, 2.75) is 138 Å². The number of rotatable bonds is 16. The average molecular weight is 574 g/mol. The Bertz CT molecular complexity index is 718. The van der Waals surface area contributed by atoms with Crippen LogP contribution in [0.25, 0.3) is 0 Å². The molecular weight excluding hydrogens is 525 g/mol. The van der Waals surface area contributed by atoms with E-state index in [9.17, 15) is 45.2 Å². The van der Waals surface area contributed by atoms with E-state index in [4.69, 9.17) is 19.7 Å². The molecule has 0 aromatic carbocycles. The van der Waals surface area contributed by atoms with Gasteiger partial charge in [-0.1, -0.05) is 64.7 Å². The van der Waals surface area contributed by atoms with Gasteiger partial charge in [-0.3, -0.25) is 9.09 Å². The Morgan fingerprint density at radius 1 is 0.737 bits per heavy atom. The zero-order valence-corrected chi connectivity index (χ0v) is 23.0. The Kier molecular flexibility index (Phi) is 14.5. The van der Waals surface area contributed by atoms with Crippen LogP contribution < -0.4 is 5.73 Å². The van der Waals surface area contributed by atoms with Crippen LogP contribution in [0.5, 0.6) is 0 Å². The minimum atomic E-state index is -4.34. The number of unbranched alkanes of at least 4 members (excludes halogenated alkanes) is 9. The molecule has 1 unspecified atom stereocenters. The van der Waals surface area contributed by atoms with Gasteiger partial charge in [-0.15, -0.1) is 0 Å². The second-order valence-corrected chi connectivity index (χ2v) is 12.4. The Morgan fingerprint density at radius 3 is 1.76 bits per heavy atom. The van der Waals surface area contributed by atoms with Gasteiger partial charge in [0.1, 0.15) is 54.9 Å². The number of ether oxygens (including phenoxy) is 2. The lowest BCUT2D eigenvalue weighted by molar-refractivity contribution is -0.314. The molecule has 12 atom stereocenters. The molecule has 14 heteroatoms. The fourth-order valence-corrected chi connectivity index (χ4v) is 6.24. The van der Waals surface area contributed by atoms with E-state index in [1.54, 1.807) is 0 Å². The third-order valence-electron chi connectivity index (χ3n) is 7.35. The molecule has 13 nitrogen and oxygen atoms in total. The summed E-state index contributed by atoms with van der Waals surface area (Å²) in [6.07, 6.45) is -7.16. The van der Waals surface area contributed by atoms with Gasteiger partial charge in [-0.25, -0.2) is 0 Å². The van der Waals surface area contributed by atoms with E-state index >= 15 is 0 Å². The topological polar surface area (TPSA) is 233 Å². The summed E-state index contributed by atoms with van der Waals surface area (Å²) in [5, 5.41) is 71.0. The highest BCUT2D eigenvalue weighted by Crippen LogP contribution is 2.47. The Morgan fingerprint density at radius 2 is 1.24 bits per heavy atom. The third kappa shape index (κ3) is 9.41. The standard InChI is InChI=1S/C24H48NO12P/c1-2-3-4-5-6-7-8-9-10-11-12-38(33,34)37-23-21(32)19(30)18(29)20(31)22(23)36-24-15(25)17(28)16(27)14(13-26)35-24/h14-24,26-32H,2-13,25H2,1H3,(H,33,34)/t14-,15-,16-,17-,18-,19-,20+,21-,22-,23-,24-/m1/s1. The molecule has 0 aromatic heterocycles. The first-order chi connectivity index (χ1) is 17.9. The van der Waals surface area contributed by atoms with Crippen LogP contribution in [0, 0.1) is 0 Å². The summed E-state index contributed by atoms with van der Waals surface area (Å²) in [5.41, 5.74) is 5.87. The Hall–Kier alpha value is -0.250. The number of hydrogen-bond acceptors (Lipinski definition) is 12. The largest absolute Gasteiger partial charge is 0.394 e. The van der Waals surface area contributed by atoms with Crippen LogP contribution in [-0.2, 0) is 18.6 Å². The van der Waals surface area contributed by atoms with Gasteiger partial charge in [0.2, 0.25) is 0 Å². The van der Waals surface area contributed by atoms with Crippen molar-refractivity contribution < 1.29 is 59.2 Å². The highest BCUT2D eigenvalue weighted by atomic mass is 31.2. The predicted molar refractivity (Wildman–Crippen MR) is 136 cm³/mol. The molecule has 0 aromatic rings. The summed E-state index contributed by atoms with van der Waals surface area (Å²) in [7, 11) is -4.34. The zero-order valence-electron chi connectivity index (χ0n) is 22.1. The number of aliphatic hydroxyl groups is 7. The summed E-state index contributed by atoms with van der Waals surface area (Å²) >= 11 is 0. The lowest BCUT2D eigenvalue weighted by Gasteiger charge is -2.47. The molecule has 10 N–H and O–H groups in total. The van der Waals surface area contributed by atoms with Crippen molar-refractivity contribution in [1.82, 2.24) is 0 Å². The van der Waals surface area contributed by atoms with E-state index in [0.29, 0.717) is 12.8 Å². The minimum absolute atomic E-state index is 0.231. The Balaban J connectivity index is 1.96. The van der Waals surface area contributed by atoms with E-state index in [2.05, 4.69) is 6.92 Å². The van der Waals surface area contributed by atoms with Gasteiger partial charge in [0, 0.05) is 6.16 Å². The van der Waals surface area contributed by atoms with E-state index in [-0.39, 0.29) is 6.16 Å². The molecule has 0 spiro atoms. The lowest BCUT2D eigenvalue weighted by Crippen LogP contribution is -2.68. The van der Waals surface area contributed by atoms with E-state index in [1.807, 2.05) is 0 Å². The van der Waals surface area contributed by atoms with Gasteiger partial charge < -0.3 is 55.8 Å². The van der Waals surface area contributed by atoms with Gasteiger partial charge in [0.15, 0.2) is 6.29 Å². The molecular formula is C24H48NO12P. The highest BCUT2D eigenvalue weighted by Gasteiger charge is 2.54. The van der Waals surface area contributed by atoms with Crippen molar-refractivity contribution in [3.05, 3.63) is 0 Å². The van der Waals surface area contributed by atoms with Crippen LogP contribution in [0.1, 0.15) is 71.1 Å². The molecule has 1 heterocycles. The van der Waals surface area contributed by atoms with Crippen molar-refractivity contribution in [2.75, 3.05) is 12.8 Å². The van der Waals surface area contributed by atoms with Crippen LogP contribution in [0.15, 0.2) is 0 Å². The second-order valence-electron chi connectivity index (χ2n) is 10.5. The first-order valence-electron chi connectivity index (χ1n) is 13.7. The molecule has 0 bridgehead atoms. The van der Waals surface area contributed by atoms with Crippen LogP contribution in [0.2, 0.25) is 0 Å². The SMILES string of the molecule is CCCCCCCCCCCCP(=O)(O)O[C@@H]1[C@H](O)[C@H](O)[C@@H](O)[C@H](O)[C@H]1O[C@H]1O[C@H](CO)[C@@H](O)[C@H](O)[C@H]1N. The summed E-state index contributed by atoms with van der Waals surface area (Å²) in [6, 6.07) is -1.38. The first kappa shape index (κ1) is 34.0. The van der Waals surface area contributed by atoms with Crippen molar-refractivity contribution >= 4 is 7.60 Å². The zero-order chi connectivity index (χ0) is 28.5.